The third-order valence-corrected chi connectivity index (χ3v) is 4.30. The molecular formula is C20H38O4. The van der Waals surface area contributed by atoms with Crippen LogP contribution >= 0.6 is 0 Å². The van der Waals surface area contributed by atoms with Crippen LogP contribution in [0.15, 0.2) is 0 Å². The second kappa shape index (κ2) is 18.3. The molecule has 0 fully saturated rings. The van der Waals surface area contributed by atoms with Crippen molar-refractivity contribution in [3.05, 3.63) is 0 Å². The predicted octanol–water partition coefficient (Wildman–Crippen LogP) is 5.88. The fourth-order valence-electron chi connectivity index (χ4n) is 2.76. The quantitative estimate of drug-likeness (QED) is 0.250. The number of hydrogen-bond donors (Lipinski definition) is 1. The van der Waals surface area contributed by atoms with Gasteiger partial charge in [0.15, 0.2) is 0 Å². The van der Waals surface area contributed by atoms with Crippen molar-refractivity contribution in [3.8, 4) is 0 Å². The normalized spacial score (nSPS) is 10.7. The largest absolute Gasteiger partial charge is 0.481 e. The highest BCUT2D eigenvalue weighted by atomic mass is 16.5. The minimum Gasteiger partial charge on any atom is -0.481 e. The molecule has 4 nitrogen and oxygen atoms in total. The molecule has 0 aromatic carbocycles. The summed E-state index contributed by atoms with van der Waals surface area (Å²) < 4.78 is 5.00. The molecule has 0 heterocycles. The van der Waals surface area contributed by atoms with Gasteiger partial charge < -0.3 is 9.84 Å². The molecule has 0 atom stereocenters. The standard InChI is InChI=1S/C20H38O4/c1-2-3-4-5-6-7-8-9-10-11-12-13-14-15-18-24-20(23)17-16-19(21)22/h2-18H2,1H3,(H,21,22). The molecule has 0 saturated heterocycles. The van der Waals surface area contributed by atoms with E-state index in [2.05, 4.69) is 6.92 Å². The van der Waals surface area contributed by atoms with Gasteiger partial charge in [-0.05, 0) is 6.42 Å². The Balaban J connectivity index is 3.10. The van der Waals surface area contributed by atoms with Crippen LogP contribution in [0.3, 0.4) is 0 Å². The molecule has 0 saturated carbocycles. The number of esters is 1. The molecule has 24 heavy (non-hydrogen) atoms. The predicted molar refractivity (Wildman–Crippen MR) is 98.1 cm³/mol. The van der Waals surface area contributed by atoms with E-state index in [9.17, 15) is 9.59 Å². The number of carbonyl (C=O) groups excluding carboxylic acids is 1. The van der Waals surface area contributed by atoms with E-state index in [4.69, 9.17) is 9.84 Å². The van der Waals surface area contributed by atoms with E-state index in [1.54, 1.807) is 0 Å². The fourth-order valence-corrected chi connectivity index (χ4v) is 2.76. The molecule has 0 spiro atoms. The molecule has 0 aliphatic rings. The van der Waals surface area contributed by atoms with Gasteiger partial charge in [0, 0.05) is 0 Å². The highest BCUT2D eigenvalue weighted by Gasteiger charge is 2.05. The molecule has 142 valence electrons. The van der Waals surface area contributed by atoms with Crippen molar-refractivity contribution in [2.75, 3.05) is 6.61 Å². The maximum atomic E-state index is 11.2. The van der Waals surface area contributed by atoms with Gasteiger partial charge >= 0.3 is 11.9 Å². The molecule has 0 radical (unpaired) electrons. The number of ether oxygens (including phenoxy) is 1. The summed E-state index contributed by atoms with van der Waals surface area (Å²) in [7, 11) is 0. The van der Waals surface area contributed by atoms with Gasteiger partial charge in [0.05, 0.1) is 19.4 Å². The SMILES string of the molecule is CCCCCCCCCCCCCCCCOC(=O)CCC(=O)O. The molecule has 0 aliphatic carbocycles. The average molecular weight is 343 g/mol. The molecule has 0 aromatic heterocycles. The molecule has 0 unspecified atom stereocenters. The van der Waals surface area contributed by atoms with E-state index in [0.29, 0.717) is 6.61 Å². The van der Waals surface area contributed by atoms with Crippen molar-refractivity contribution >= 4 is 11.9 Å². The Hall–Kier alpha value is -1.06. The average Bonchev–Trinajstić information content (AvgIpc) is 2.56. The number of carboxylic acid groups (broad SMARTS) is 1. The second-order valence-electron chi connectivity index (χ2n) is 6.71. The second-order valence-corrected chi connectivity index (χ2v) is 6.71. The van der Waals surface area contributed by atoms with Gasteiger partial charge in [-0.15, -0.1) is 0 Å². The van der Waals surface area contributed by atoms with Gasteiger partial charge in [-0.25, -0.2) is 0 Å². The van der Waals surface area contributed by atoms with Crippen LogP contribution in [0.5, 0.6) is 0 Å². The van der Waals surface area contributed by atoms with Crippen molar-refractivity contribution in [1.29, 1.82) is 0 Å². The van der Waals surface area contributed by atoms with E-state index < -0.39 is 11.9 Å². The molecule has 0 rings (SSSR count). The van der Waals surface area contributed by atoms with Gasteiger partial charge in [0.2, 0.25) is 0 Å². The van der Waals surface area contributed by atoms with Crippen LogP contribution in [0.4, 0.5) is 0 Å². The summed E-state index contributed by atoms with van der Waals surface area (Å²) in [6.45, 7) is 2.69. The molecule has 0 aromatic rings. The first-order valence-electron chi connectivity index (χ1n) is 10.0. The lowest BCUT2D eigenvalue weighted by Crippen LogP contribution is -2.08. The molecule has 0 bridgehead atoms. The van der Waals surface area contributed by atoms with Crippen LogP contribution in [-0.4, -0.2) is 23.7 Å². The molecular weight excluding hydrogens is 304 g/mol. The van der Waals surface area contributed by atoms with Crippen LogP contribution < -0.4 is 0 Å². The first kappa shape index (κ1) is 22.9. The topological polar surface area (TPSA) is 63.6 Å². The summed E-state index contributed by atoms with van der Waals surface area (Å²) in [6, 6.07) is 0. The lowest BCUT2D eigenvalue weighted by molar-refractivity contribution is -0.147. The minimum absolute atomic E-state index is 0.0199. The summed E-state index contributed by atoms with van der Waals surface area (Å²) in [6.07, 6.45) is 18.0. The Kier molecular flexibility index (Phi) is 17.5. The van der Waals surface area contributed by atoms with Crippen molar-refractivity contribution in [3.63, 3.8) is 0 Å². The lowest BCUT2D eigenvalue weighted by atomic mass is 10.0. The van der Waals surface area contributed by atoms with E-state index in [1.807, 2.05) is 0 Å². The minimum atomic E-state index is -0.955. The van der Waals surface area contributed by atoms with E-state index >= 15 is 0 Å². The summed E-state index contributed by atoms with van der Waals surface area (Å²) in [5, 5.41) is 8.46. The Morgan fingerprint density at radius 3 is 1.50 bits per heavy atom. The first-order valence-corrected chi connectivity index (χ1v) is 10.0. The van der Waals surface area contributed by atoms with Gasteiger partial charge in [0.1, 0.15) is 0 Å². The number of unbranched alkanes of at least 4 members (excludes halogenated alkanes) is 13. The highest BCUT2D eigenvalue weighted by Crippen LogP contribution is 2.13. The Bertz CT molecular complexity index is 302. The molecule has 4 heteroatoms. The Morgan fingerprint density at radius 2 is 1.08 bits per heavy atom. The smallest absolute Gasteiger partial charge is 0.306 e. The van der Waals surface area contributed by atoms with Crippen molar-refractivity contribution in [1.82, 2.24) is 0 Å². The summed E-state index contributed by atoms with van der Waals surface area (Å²) in [5.41, 5.74) is 0. The maximum absolute atomic E-state index is 11.2. The number of carboxylic acids is 1. The maximum Gasteiger partial charge on any atom is 0.306 e. The van der Waals surface area contributed by atoms with Gasteiger partial charge in [-0.3, -0.25) is 9.59 Å². The zero-order chi connectivity index (χ0) is 17.9. The summed E-state index contributed by atoms with van der Waals surface area (Å²) in [5.74, 6) is -1.35. The first-order chi connectivity index (χ1) is 11.7. The van der Waals surface area contributed by atoms with Gasteiger partial charge in [-0.1, -0.05) is 90.4 Å². The van der Waals surface area contributed by atoms with Crippen molar-refractivity contribution < 1.29 is 19.4 Å². The van der Waals surface area contributed by atoms with Crippen LogP contribution in [-0.2, 0) is 14.3 Å². The zero-order valence-corrected chi connectivity index (χ0v) is 15.7. The van der Waals surface area contributed by atoms with Gasteiger partial charge in [-0.2, -0.15) is 0 Å². The number of hydrogen-bond acceptors (Lipinski definition) is 3. The number of rotatable bonds is 18. The van der Waals surface area contributed by atoms with Gasteiger partial charge in [0.25, 0.3) is 0 Å². The Morgan fingerprint density at radius 1 is 0.667 bits per heavy atom. The van der Waals surface area contributed by atoms with Crippen LogP contribution in [0, 0.1) is 0 Å². The molecule has 0 amide bonds. The highest BCUT2D eigenvalue weighted by molar-refractivity contribution is 5.76. The number of aliphatic carboxylic acids is 1. The molecule has 1 N–H and O–H groups in total. The van der Waals surface area contributed by atoms with Crippen molar-refractivity contribution in [2.45, 2.75) is 110 Å². The molecule has 0 aliphatic heterocycles. The zero-order valence-electron chi connectivity index (χ0n) is 15.7. The monoisotopic (exact) mass is 342 g/mol. The summed E-state index contributed by atoms with van der Waals surface area (Å²) in [4.78, 5) is 21.5. The lowest BCUT2D eigenvalue weighted by Gasteiger charge is -2.04. The van der Waals surface area contributed by atoms with Crippen molar-refractivity contribution in [2.24, 2.45) is 0 Å². The van der Waals surface area contributed by atoms with E-state index in [1.165, 1.54) is 77.0 Å². The van der Waals surface area contributed by atoms with E-state index in [-0.39, 0.29) is 12.8 Å². The fraction of sp³-hybridized carbons (Fsp3) is 0.900. The third kappa shape index (κ3) is 19.0. The number of carbonyl (C=O) groups is 2. The van der Waals surface area contributed by atoms with E-state index in [0.717, 1.165) is 12.8 Å². The third-order valence-electron chi connectivity index (χ3n) is 4.30. The van der Waals surface area contributed by atoms with Crippen LogP contribution in [0.1, 0.15) is 110 Å². The van der Waals surface area contributed by atoms with Crippen LogP contribution in [0.2, 0.25) is 0 Å². The summed E-state index contributed by atoms with van der Waals surface area (Å²) >= 11 is 0. The van der Waals surface area contributed by atoms with Crippen LogP contribution in [0.25, 0.3) is 0 Å². The Labute approximate surface area is 148 Å².